The predicted octanol–water partition coefficient (Wildman–Crippen LogP) is 20.0. The Bertz CT molecular complexity index is 1730. The van der Waals surface area contributed by atoms with E-state index < -0.39 is 49.5 Å². The Morgan fingerprint density at radius 1 is 0.407 bits per heavy atom. The number of carbonyl (C=O) groups excluding carboxylic acids is 1. The summed E-state index contributed by atoms with van der Waals surface area (Å²) in [7, 11) is 0. The van der Waals surface area contributed by atoms with E-state index in [9.17, 15) is 30.3 Å². The number of ether oxygens (including phenoxy) is 2. The molecule has 9 heteroatoms. The molecule has 1 rings (SSSR count). The molecule has 1 heterocycles. The van der Waals surface area contributed by atoms with E-state index in [-0.39, 0.29) is 12.5 Å². The molecular formula is C77H135NO8. The Morgan fingerprint density at radius 3 is 1.12 bits per heavy atom. The van der Waals surface area contributed by atoms with E-state index in [1.54, 1.807) is 6.08 Å². The van der Waals surface area contributed by atoms with Crippen molar-refractivity contribution in [3.8, 4) is 0 Å². The molecule has 1 saturated heterocycles. The minimum atomic E-state index is -1.58. The number of unbranched alkanes of at least 4 members (excludes halogenated alkanes) is 36. The first-order chi connectivity index (χ1) is 42.3. The maximum atomic E-state index is 13.1. The number of amides is 1. The highest BCUT2D eigenvalue weighted by Gasteiger charge is 2.44. The van der Waals surface area contributed by atoms with Crippen molar-refractivity contribution in [1.82, 2.24) is 5.32 Å². The van der Waals surface area contributed by atoms with E-state index in [1.807, 2.05) is 6.08 Å². The largest absolute Gasteiger partial charge is 0.394 e. The highest BCUT2D eigenvalue weighted by Crippen LogP contribution is 2.23. The van der Waals surface area contributed by atoms with Crippen molar-refractivity contribution in [3.05, 3.63) is 109 Å². The van der Waals surface area contributed by atoms with Gasteiger partial charge in [-0.15, -0.1) is 0 Å². The van der Waals surface area contributed by atoms with Gasteiger partial charge in [0.2, 0.25) is 5.91 Å². The Labute approximate surface area is 529 Å². The molecule has 6 N–H and O–H groups in total. The second kappa shape index (κ2) is 64.8. The van der Waals surface area contributed by atoms with Gasteiger partial charge in [-0.3, -0.25) is 4.79 Å². The van der Waals surface area contributed by atoms with Crippen LogP contribution in [-0.4, -0.2) is 87.5 Å². The highest BCUT2D eigenvalue weighted by molar-refractivity contribution is 5.76. The molecule has 0 spiro atoms. The van der Waals surface area contributed by atoms with Crippen LogP contribution in [0.25, 0.3) is 0 Å². The van der Waals surface area contributed by atoms with Gasteiger partial charge in [-0.1, -0.05) is 322 Å². The molecule has 0 aromatic rings. The molecule has 7 unspecified atom stereocenters. The lowest BCUT2D eigenvalue weighted by Gasteiger charge is -2.40. The van der Waals surface area contributed by atoms with Gasteiger partial charge in [-0.2, -0.15) is 0 Å². The summed E-state index contributed by atoms with van der Waals surface area (Å²) < 4.78 is 11.3. The van der Waals surface area contributed by atoms with Gasteiger partial charge in [0.05, 0.1) is 25.4 Å². The first-order valence-corrected chi connectivity index (χ1v) is 36.1. The van der Waals surface area contributed by atoms with Crippen molar-refractivity contribution >= 4 is 5.91 Å². The van der Waals surface area contributed by atoms with Crippen LogP contribution < -0.4 is 5.32 Å². The molecule has 9 nitrogen and oxygen atoms in total. The zero-order valence-electron chi connectivity index (χ0n) is 55.5. The van der Waals surface area contributed by atoms with Crippen molar-refractivity contribution < 1.29 is 39.8 Å². The lowest BCUT2D eigenvalue weighted by molar-refractivity contribution is -0.302. The van der Waals surface area contributed by atoms with Crippen molar-refractivity contribution in [2.75, 3.05) is 13.2 Å². The lowest BCUT2D eigenvalue weighted by atomic mass is 9.99. The smallest absolute Gasteiger partial charge is 0.220 e. The van der Waals surface area contributed by atoms with Crippen LogP contribution in [-0.2, 0) is 14.3 Å². The molecule has 0 bridgehead atoms. The highest BCUT2D eigenvalue weighted by atomic mass is 16.7. The van der Waals surface area contributed by atoms with Crippen LogP contribution in [0.2, 0.25) is 0 Å². The van der Waals surface area contributed by atoms with Crippen molar-refractivity contribution in [3.63, 3.8) is 0 Å². The van der Waals surface area contributed by atoms with E-state index in [4.69, 9.17) is 9.47 Å². The summed E-state index contributed by atoms with van der Waals surface area (Å²) in [5.74, 6) is -0.189. The third kappa shape index (κ3) is 52.8. The van der Waals surface area contributed by atoms with E-state index in [2.05, 4.69) is 116 Å². The standard InChI is InChI=1S/C77H135NO8/c1-3-5-7-9-11-13-15-17-19-21-23-25-27-29-30-31-32-33-34-35-36-37-38-39-40-41-42-43-45-47-49-51-53-55-57-59-61-63-65-67-73(81)78-70(69-85-77-76(84)75(83)74(82)72(68-79)86-77)71(80)66-64-62-60-58-56-54-52-50-48-46-44-28-26-24-22-20-18-16-14-12-10-8-6-4-2/h5,7,11,13,17,19,23,25,29-30,32-33,48,50,56,58,64,66,70-72,74-77,79-80,82-84H,3-4,6,8-10,12,14-16,18,20-22,24,26-28,31,34-47,49,51-55,57,59-63,65,67-69H2,1-2H3,(H,78,81)/b7-5-,13-11-,19-17-,25-23-,30-29-,33-32-,50-48+,58-56+,66-64+. The number of allylic oxidation sites excluding steroid dienone is 17. The number of aliphatic hydroxyl groups excluding tert-OH is 5. The Morgan fingerprint density at radius 2 is 0.733 bits per heavy atom. The molecule has 1 amide bonds. The van der Waals surface area contributed by atoms with Gasteiger partial charge in [-0.05, 0) is 96.3 Å². The molecule has 496 valence electrons. The topological polar surface area (TPSA) is 149 Å². The SMILES string of the molecule is CC/C=C\C/C=C\C/C=C\C/C=C\C/C=C\C/C=C\CCCCCCCCCCCCCCCCCCCCCCC(=O)NC(COC1OC(CO)C(O)C(O)C1O)C(O)/C=C/CC/C=C/CC/C=C/CCCCCCCCCCCCCCCC. The van der Waals surface area contributed by atoms with Crippen LogP contribution in [0.1, 0.15) is 316 Å². The van der Waals surface area contributed by atoms with Gasteiger partial charge in [0.25, 0.3) is 0 Å². The second-order valence-corrected chi connectivity index (χ2v) is 24.6. The molecule has 0 aliphatic carbocycles. The first kappa shape index (κ1) is 80.9. The normalized spacial score (nSPS) is 18.7. The molecule has 0 radical (unpaired) electrons. The van der Waals surface area contributed by atoms with Crippen LogP contribution in [0.15, 0.2) is 109 Å². The van der Waals surface area contributed by atoms with Crippen molar-refractivity contribution in [2.45, 2.75) is 358 Å². The van der Waals surface area contributed by atoms with Gasteiger partial charge in [0.15, 0.2) is 6.29 Å². The summed E-state index contributed by atoms with van der Waals surface area (Å²) in [5.41, 5.74) is 0. The number of aliphatic hydroxyl groups is 5. The molecule has 0 aromatic heterocycles. The first-order valence-electron chi connectivity index (χ1n) is 36.1. The Hall–Kier alpha value is -3.15. The maximum absolute atomic E-state index is 13.1. The summed E-state index contributed by atoms with van der Waals surface area (Å²) in [4.78, 5) is 13.1. The van der Waals surface area contributed by atoms with Crippen LogP contribution >= 0.6 is 0 Å². The monoisotopic (exact) mass is 1200 g/mol. The van der Waals surface area contributed by atoms with Gasteiger partial charge in [0, 0.05) is 6.42 Å². The summed E-state index contributed by atoms with van der Waals surface area (Å²) in [5, 5.41) is 54.7. The Kier molecular flexibility index (Phi) is 61.0. The van der Waals surface area contributed by atoms with E-state index in [0.717, 1.165) is 83.5 Å². The number of hydrogen-bond acceptors (Lipinski definition) is 8. The third-order valence-corrected chi connectivity index (χ3v) is 16.6. The molecular weight excluding hydrogens is 1070 g/mol. The van der Waals surface area contributed by atoms with Crippen LogP contribution in [0, 0.1) is 0 Å². The van der Waals surface area contributed by atoms with Crippen LogP contribution in [0.4, 0.5) is 0 Å². The molecule has 0 aromatic carbocycles. The van der Waals surface area contributed by atoms with Gasteiger partial charge in [0.1, 0.15) is 24.4 Å². The zero-order valence-corrected chi connectivity index (χ0v) is 55.5. The average Bonchev–Trinajstić information content (AvgIpc) is 3.55. The third-order valence-electron chi connectivity index (χ3n) is 16.6. The fourth-order valence-corrected chi connectivity index (χ4v) is 11.0. The minimum absolute atomic E-state index is 0.189. The minimum Gasteiger partial charge on any atom is -0.394 e. The lowest BCUT2D eigenvalue weighted by Crippen LogP contribution is -2.60. The zero-order chi connectivity index (χ0) is 62.1. The molecule has 86 heavy (non-hydrogen) atoms. The van der Waals surface area contributed by atoms with E-state index in [0.29, 0.717) is 6.42 Å². The van der Waals surface area contributed by atoms with E-state index >= 15 is 0 Å². The van der Waals surface area contributed by atoms with Gasteiger partial charge < -0.3 is 40.3 Å². The van der Waals surface area contributed by atoms with Crippen molar-refractivity contribution in [2.24, 2.45) is 0 Å². The second-order valence-electron chi connectivity index (χ2n) is 24.6. The summed E-state index contributed by atoms with van der Waals surface area (Å²) in [6.45, 7) is 3.67. The van der Waals surface area contributed by atoms with Crippen molar-refractivity contribution in [1.29, 1.82) is 0 Å². The fraction of sp³-hybridized carbons (Fsp3) is 0.753. The summed E-state index contributed by atoms with van der Waals surface area (Å²) >= 11 is 0. The quantitative estimate of drug-likeness (QED) is 0.0261. The molecule has 7 atom stereocenters. The molecule has 1 aliphatic rings. The number of carbonyl (C=O) groups is 1. The molecule has 1 aliphatic heterocycles. The van der Waals surface area contributed by atoms with Crippen LogP contribution in [0.5, 0.6) is 0 Å². The number of hydrogen-bond donors (Lipinski definition) is 6. The summed E-state index contributed by atoms with van der Waals surface area (Å²) in [6.07, 6.45) is 89.2. The molecule has 1 fully saturated rings. The number of rotatable bonds is 62. The van der Waals surface area contributed by atoms with E-state index in [1.165, 1.54) is 212 Å². The maximum Gasteiger partial charge on any atom is 0.220 e. The van der Waals surface area contributed by atoms with Crippen LogP contribution in [0.3, 0.4) is 0 Å². The average molecular weight is 1200 g/mol. The van der Waals surface area contributed by atoms with Gasteiger partial charge >= 0.3 is 0 Å². The van der Waals surface area contributed by atoms with Gasteiger partial charge in [-0.25, -0.2) is 0 Å². The Balaban J connectivity index is 2.12. The summed E-state index contributed by atoms with van der Waals surface area (Å²) in [6, 6.07) is -0.834. The number of nitrogens with one attached hydrogen (secondary N) is 1. The molecule has 0 saturated carbocycles. The predicted molar refractivity (Wildman–Crippen MR) is 368 cm³/mol. The fourth-order valence-electron chi connectivity index (χ4n) is 11.0.